The molecule has 0 aromatic carbocycles. The van der Waals surface area contributed by atoms with Crippen molar-refractivity contribution in [3.05, 3.63) is 38.6 Å². The molecule has 0 amide bonds. The van der Waals surface area contributed by atoms with E-state index in [1.54, 1.807) is 6.92 Å². The van der Waals surface area contributed by atoms with Gasteiger partial charge in [0, 0.05) is 26.0 Å². The molecule has 1 N–H and O–H groups in total. The second-order valence-corrected chi connectivity index (χ2v) is 4.54. The Morgan fingerprint density at radius 3 is 2.95 bits per heavy atom. The van der Waals surface area contributed by atoms with Crippen LogP contribution in [0.4, 0.5) is 11.5 Å². The summed E-state index contributed by atoms with van der Waals surface area (Å²) in [7, 11) is 0. The van der Waals surface area contributed by atoms with Gasteiger partial charge in [-0.1, -0.05) is 5.16 Å². The number of pyridine rings is 1. The van der Waals surface area contributed by atoms with E-state index in [0.29, 0.717) is 35.0 Å². The van der Waals surface area contributed by atoms with Crippen LogP contribution in [-0.2, 0) is 6.42 Å². The highest BCUT2D eigenvalue weighted by Crippen LogP contribution is 2.24. The maximum Gasteiger partial charge on any atom is 0.288 e. The van der Waals surface area contributed by atoms with Crippen LogP contribution in [0.1, 0.15) is 11.7 Å². The van der Waals surface area contributed by atoms with E-state index in [1.807, 2.05) is 0 Å². The number of nitrogens with zero attached hydrogens (tertiary/aromatic N) is 4. The molecule has 0 saturated carbocycles. The lowest BCUT2D eigenvalue weighted by molar-refractivity contribution is -0.385. The van der Waals surface area contributed by atoms with E-state index in [0.717, 1.165) is 0 Å². The topological polar surface area (TPSA) is 107 Å². The lowest BCUT2D eigenvalue weighted by Gasteiger charge is -2.05. The molecule has 0 aliphatic heterocycles. The smallest absolute Gasteiger partial charge is 0.288 e. The molecule has 2 rings (SSSR count). The number of anilines is 1. The SMILES string of the molecule is Cc1nc(CCNc2ncc([N+](=O)[O-])cc2Br)no1. The highest BCUT2D eigenvalue weighted by molar-refractivity contribution is 9.10. The number of hydrogen-bond donors (Lipinski definition) is 1. The Labute approximate surface area is 116 Å². The van der Waals surface area contributed by atoms with E-state index in [1.165, 1.54) is 12.3 Å². The van der Waals surface area contributed by atoms with E-state index < -0.39 is 4.92 Å². The third-order valence-electron chi connectivity index (χ3n) is 2.25. The number of aryl methyl sites for hydroxylation is 1. The van der Waals surface area contributed by atoms with Gasteiger partial charge in [-0.05, 0) is 15.9 Å². The summed E-state index contributed by atoms with van der Waals surface area (Å²) in [6.45, 7) is 2.26. The number of rotatable bonds is 5. The van der Waals surface area contributed by atoms with E-state index in [4.69, 9.17) is 4.52 Å². The van der Waals surface area contributed by atoms with Crippen molar-refractivity contribution in [2.45, 2.75) is 13.3 Å². The zero-order valence-electron chi connectivity index (χ0n) is 9.96. The molecule has 0 aliphatic rings. The predicted molar refractivity (Wildman–Crippen MR) is 69.8 cm³/mol. The van der Waals surface area contributed by atoms with Crippen LogP contribution in [0.15, 0.2) is 21.3 Å². The van der Waals surface area contributed by atoms with Gasteiger partial charge < -0.3 is 9.84 Å². The molecule has 2 aromatic rings. The van der Waals surface area contributed by atoms with Crippen LogP contribution in [0.3, 0.4) is 0 Å². The van der Waals surface area contributed by atoms with Crippen molar-refractivity contribution in [1.82, 2.24) is 15.1 Å². The maximum absolute atomic E-state index is 10.6. The lowest BCUT2D eigenvalue weighted by atomic mass is 10.3. The number of nitrogens with one attached hydrogen (secondary N) is 1. The molecule has 0 radical (unpaired) electrons. The predicted octanol–water partition coefficient (Wildman–Crippen LogP) is 2.10. The van der Waals surface area contributed by atoms with Crippen LogP contribution in [0.2, 0.25) is 0 Å². The number of nitro groups is 1. The van der Waals surface area contributed by atoms with Crippen molar-refractivity contribution in [2.75, 3.05) is 11.9 Å². The van der Waals surface area contributed by atoms with E-state index in [2.05, 4.69) is 36.4 Å². The number of halogens is 1. The summed E-state index contributed by atoms with van der Waals surface area (Å²) in [5.41, 5.74) is -0.0637. The third kappa shape index (κ3) is 3.47. The van der Waals surface area contributed by atoms with Crippen LogP contribution in [0.25, 0.3) is 0 Å². The molecule has 0 fully saturated rings. The number of hydrogen-bond acceptors (Lipinski definition) is 7. The fraction of sp³-hybridized carbons (Fsp3) is 0.300. The van der Waals surface area contributed by atoms with E-state index in [9.17, 15) is 10.1 Å². The minimum atomic E-state index is -0.496. The van der Waals surface area contributed by atoms with Crippen molar-refractivity contribution in [3.63, 3.8) is 0 Å². The highest BCUT2D eigenvalue weighted by Gasteiger charge is 2.10. The molecule has 0 unspecified atom stereocenters. The summed E-state index contributed by atoms with van der Waals surface area (Å²) in [6, 6.07) is 1.40. The van der Waals surface area contributed by atoms with Crippen LogP contribution < -0.4 is 5.32 Å². The highest BCUT2D eigenvalue weighted by atomic mass is 79.9. The van der Waals surface area contributed by atoms with Gasteiger partial charge in [0.15, 0.2) is 5.82 Å². The maximum atomic E-state index is 10.6. The number of aromatic nitrogens is 3. The van der Waals surface area contributed by atoms with E-state index in [-0.39, 0.29) is 5.69 Å². The quantitative estimate of drug-likeness (QED) is 0.661. The van der Waals surface area contributed by atoms with Gasteiger partial charge in [-0.25, -0.2) is 4.98 Å². The molecular formula is C10H10BrN5O3. The Hall–Kier alpha value is -2.03. The molecule has 0 spiro atoms. The summed E-state index contributed by atoms with van der Waals surface area (Å²) < 4.78 is 5.38. The molecular weight excluding hydrogens is 318 g/mol. The van der Waals surface area contributed by atoms with Gasteiger partial charge in [-0.2, -0.15) is 4.98 Å². The van der Waals surface area contributed by atoms with Gasteiger partial charge in [-0.3, -0.25) is 10.1 Å². The van der Waals surface area contributed by atoms with Crippen molar-refractivity contribution in [3.8, 4) is 0 Å². The van der Waals surface area contributed by atoms with Gasteiger partial charge in [-0.15, -0.1) is 0 Å². The Balaban J connectivity index is 1.94. The molecule has 0 saturated heterocycles. The second kappa shape index (κ2) is 5.74. The largest absolute Gasteiger partial charge is 0.369 e. The summed E-state index contributed by atoms with van der Waals surface area (Å²) in [5.74, 6) is 1.65. The first kappa shape index (κ1) is 13.4. The van der Waals surface area contributed by atoms with Gasteiger partial charge in [0.1, 0.15) is 12.0 Å². The minimum Gasteiger partial charge on any atom is -0.369 e. The molecule has 0 aliphatic carbocycles. The molecule has 0 bridgehead atoms. The average molecular weight is 328 g/mol. The Morgan fingerprint density at radius 1 is 1.58 bits per heavy atom. The summed E-state index contributed by atoms with van der Waals surface area (Å²) in [6.07, 6.45) is 1.77. The van der Waals surface area contributed by atoms with Gasteiger partial charge >= 0.3 is 0 Å². The van der Waals surface area contributed by atoms with Crippen LogP contribution in [0.5, 0.6) is 0 Å². The molecule has 8 nitrogen and oxygen atoms in total. The Bertz CT molecular complexity index is 601. The first-order chi connectivity index (χ1) is 9.06. The lowest BCUT2D eigenvalue weighted by Crippen LogP contribution is -2.08. The Morgan fingerprint density at radius 2 is 2.37 bits per heavy atom. The zero-order chi connectivity index (χ0) is 13.8. The molecule has 0 atom stereocenters. The molecule has 100 valence electrons. The first-order valence-corrected chi connectivity index (χ1v) is 6.18. The molecule has 2 aromatic heterocycles. The van der Waals surface area contributed by atoms with E-state index >= 15 is 0 Å². The van der Waals surface area contributed by atoms with Crippen LogP contribution in [0, 0.1) is 17.0 Å². The third-order valence-corrected chi connectivity index (χ3v) is 2.85. The van der Waals surface area contributed by atoms with Crippen molar-refractivity contribution in [1.29, 1.82) is 0 Å². The van der Waals surface area contributed by atoms with Gasteiger partial charge in [0.05, 0.1) is 9.40 Å². The average Bonchev–Trinajstić information content (AvgIpc) is 2.77. The summed E-state index contributed by atoms with van der Waals surface area (Å²) in [4.78, 5) is 18.1. The molecule has 19 heavy (non-hydrogen) atoms. The van der Waals surface area contributed by atoms with Gasteiger partial charge in [0.25, 0.3) is 5.69 Å². The first-order valence-electron chi connectivity index (χ1n) is 5.39. The fourth-order valence-electron chi connectivity index (χ4n) is 1.39. The monoisotopic (exact) mass is 327 g/mol. The summed E-state index contributed by atoms with van der Waals surface area (Å²) in [5, 5.41) is 17.4. The summed E-state index contributed by atoms with van der Waals surface area (Å²) >= 11 is 3.23. The van der Waals surface area contributed by atoms with Crippen LogP contribution >= 0.6 is 15.9 Å². The van der Waals surface area contributed by atoms with Crippen molar-refractivity contribution in [2.24, 2.45) is 0 Å². The van der Waals surface area contributed by atoms with Crippen molar-refractivity contribution >= 4 is 27.4 Å². The second-order valence-electron chi connectivity index (χ2n) is 3.69. The van der Waals surface area contributed by atoms with Gasteiger partial charge in [0.2, 0.25) is 5.89 Å². The Kier molecular flexibility index (Phi) is 4.05. The standard InChI is InChI=1S/C10H10BrN5O3/c1-6-14-9(15-19-6)2-3-12-10-8(11)4-7(5-13-10)16(17)18/h4-5H,2-3H2,1H3,(H,12,13). The fourth-order valence-corrected chi connectivity index (χ4v) is 1.87. The molecule has 2 heterocycles. The zero-order valence-corrected chi connectivity index (χ0v) is 11.5. The minimum absolute atomic E-state index is 0.0637. The molecule has 9 heteroatoms. The van der Waals surface area contributed by atoms with Crippen molar-refractivity contribution < 1.29 is 9.45 Å². The van der Waals surface area contributed by atoms with Crippen LogP contribution in [-0.4, -0.2) is 26.6 Å². The normalized spacial score (nSPS) is 10.4.